The third-order valence-corrected chi connectivity index (χ3v) is 3.03. The van der Waals surface area contributed by atoms with E-state index < -0.39 is 0 Å². The van der Waals surface area contributed by atoms with E-state index in [-0.39, 0.29) is 5.91 Å². The van der Waals surface area contributed by atoms with Crippen LogP contribution in [-0.2, 0) is 17.8 Å². The summed E-state index contributed by atoms with van der Waals surface area (Å²) >= 11 is 0. The highest BCUT2D eigenvalue weighted by atomic mass is 16.1. The van der Waals surface area contributed by atoms with Crippen LogP contribution in [0.25, 0.3) is 0 Å². The van der Waals surface area contributed by atoms with Gasteiger partial charge in [0.15, 0.2) is 0 Å². The number of hydrogen-bond donors (Lipinski definition) is 3. The standard InChI is InChI=1S/C14H18N4O/c1-10-12(9-17-18-10)8-16-14(19)7-4-11-2-5-13(15)6-3-11/h2-3,5-6,9H,4,7-8,15H2,1H3,(H,16,19)(H,17,18). The van der Waals surface area contributed by atoms with Gasteiger partial charge in [0.1, 0.15) is 0 Å². The van der Waals surface area contributed by atoms with E-state index in [1.54, 1.807) is 6.20 Å². The number of aryl methyl sites for hydroxylation is 2. The molecule has 1 aromatic carbocycles. The van der Waals surface area contributed by atoms with E-state index in [0.717, 1.165) is 28.9 Å². The Kier molecular flexibility index (Phi) is 4.18. The van der Waals surface area contributed by atoms with Gasteiger partial charge in [-0.2, -0.15) is 5.10 Å². The highest BCUT2D eigenvalue weighted by molar-refractivity contribution is 5.76. The van der Waals surface area contributed by atoms with Gasteiger partial charge in [-0.1, -0.05) is 12.1 Å². The number of nitrogen functional groups attached to an aromatic ring is 1. The maximum absolute atomic E-state index is 11.7. The fourth-order valence-corrected chi connectivity index (χ4v) is 1.78. The Labute approximate surface area is 112 Å². The maximum atomic E-state index is 11.7. The van der Waals surface area contributed by atoms with Crippen LogP contribution in [0.4, 0.5) is 5.69 Å². The fourth-order valence-electron chi connectivity index (χ4n) is 1.78. The van der Waals surface area contributed by atoms with Crippen LogP contribution in [0.3, 0.4) is 0 Å². The van der Waals surface area contributed by atoms with Gasteiger partial charge < -0.3 is 11.1 Å². The minimum atomic E-state index is 0.0393. The quantitative estimate of drug-likeness (QED) is 0.711. The summed E-state index contributed by atoms with van der Waals surface area (Å²) < 4.78 is 0. The number of nitrogens with zero attached hydrogens (tertiary/aromatic N) is 1. The van der Waals surface area contributed by atoms with Crippen molar-refractivity contribution in [2.75, 3.05) is 5.73 Å². The van der Waals surface area contributed by atoms with Gasteiger partial charge in [0, 0.05) is 29.9 Å². The van der Waals surface area contributed by atoms with E-state index >= 15 is 0 Å². The average Bonchev–Trinajstić information content (AvgIpc) is 2.81. The molecule has 1 amide bonds. The monoisotopic (exact) mass is 258 g/mol. The molecule has 0 aliphatic rings. The van der Waals surface area contributed by atoms with Crippen molar-refractivity contribution in [1.82, 2.24) is 15.5 Å². The third-order valence-electron chi connectivity index (χ3n) is 3.03. The second-order valence-corrected chi connectivity index (χ2v) is 4.54. The van der Waals surface area contributed by atoms with Gasteiger partial charge >= 0.3 is 0 Å². The molecule has 0 bridgehead atoms. The van der Waals surface area contributed by atoms with Crippen molar-refractivity contribution >= 4 is 11.6 Å². The molecule has 2 rings (SSSR count). The molecule has 0 saturated carbocycles. The third kappa shape index (κ3) is 3.84. The van der Waals surface area contributed by atoms with Crippen LogP contribution in [0.1, 0.15) is 23.2 Å². The van der Waals surface area contributed by atoms with E-state index in [9.17, 15) is 4.79 Å². The minimum Gasteiger partial charge on any atom is -0.399 e. The lowest BCUT2D eigenvalue weighted by atomic mass is 10.1. The molecular formula is C14H18N4O. The number of amides is 1. The predicted molar refractivity (Wildman–Crippen MR) is 74.3 cm³/mol. The number of benzene rings is 1. The van der Waals surface area contributed by atoms with Crippen LogP contribution in [0.2, 0.25) is 0 Å². The Morgan fingerprint density at radius 1 is 1.37 bits per heavy atom. The number of hydrogen-bond acceptors (Lipinski definition) is 3. The average molecular weight is 258 g/mol. The molecule has 0 radical (unpaired) electrons. The van der Waals surface area contributed by atoms with Gasteiger partial charge in [-0.05, 0) is 31.0 Å². The zero-order chi connectivity index (χ0) is 13.7. The molecule has 0 atom stereocenters. The van der Waals surface area contributed by atoms with Gasteiger partial charge in [-0.25, -0.2) is 0 Å². The van der Waals surface area contributed by atoms with E-state index in [1.807, 2.05) is 31.2 Å². The molecule has 4 N–H and O–H groups in total. The number of aromatic nitrogens is 2. The zero-order valence-electron chi connectivity index (χ0n) is 10.9. The van der Waals surface area contributed by atoms with E-state index in [4.69, 9.17) is 5.73 Å². The molecule has 0 fully saturated rings. The number of carbonyl (C=O) groups excluding carboxylic acids is 1. The normalized spacial score (nSPS) is 10.4. The Balaban J connectivity index is 1.76. The van der Waals surface area contributed by atoms with Crippen LogP contribution in [0.5, 0.6) is 0 Å². The lowest BCUT2D eigenvalue weighted by Gasteiger charge is -2.05. The number of aromatic amines is 1. The molecule has 0 aliphatic carbocycles. The van der Waals surface area contributed by atoms with Gasteiger partial charge in [-0.15, -0.1) is 0 Å². The lowest BCUT2D eigenvalue weighted by Crippen LogP contribution is -2.23. The first-order valence-corrected chi connectivity index (χ1v) is 6.25. The number of anilines is 1. The van der Waals surface area contributed by atoms with Crippen molar-refractivity contribution in [2.45, 2.75) is 26.3 Å². The summed E-state index contributed by atoms with van der Waals surface area (Å²) in [6.07, 6.45) is 2.92. The largest absolute Gasteiger partial charge is 0.399 e. The van der Waals surface area contributed by atoms with Crippen LogP contribution in [-0.4, -0.2) is 16.1 Å². The summed E-state index contributed by atoms with van der Waals surface area (Å²) in [5.41, 5.74) is 9.46. The topological polar surface area (TPSA) is 83.8 Å². The van der Waals surface area contributed by atoms with Crippen molar-refractivity contribution in [3.63, 3.8) is 0 Å². The molecular weight excluding hydrogens is 240 g/mol. The Morgan fingerprint density at radius 2 is 2.11 bits per heavy atom. The summed E-state index contributed by atoms with van der Waals surface area (Å²) in [4.78, 5) is 11.7. The number of nitrogens with one attached hydrogen (secondary N) is 2. The Hall–Kier alpha value is -2.30. The highest BCUT2D eigenvalue weighted by Gasteiger charge is 2.04. The SMILES string of the molecule is Cc1[nH]ncc1CNC(=O)CCc1ccc(N)cc1. The summed E-state index contributed by atoms with van der Waals surface area (Å²) in [5.74, 6) is 0.0393. The van der Waals surface area contributed by atoms with E-state index in [0.29, 0.717) is 13.0 Å². The minimum absolute atomic E-state index is 0.0393. The summed E-state index contributed by atoms with van der Waals surface area (Å²) in [5, 5.41) is 9.64. The lowest BCUT2D eigenvalue weighted by molar-refractivity contribution is -0.121. The van der Waals surface area contributed by atoms with Crippen molar-refractivity contribution in [2.24, 2.45) is 0 Å². The first-order chi connectivity index (χ1) is 9.15. The molecule has 1 heterocycles. The summed E-state index contributed by atoms with van der Waals surface area (Å²) in [7, 11) is 0. The molecule has 0 aliphatic heterocycles. The highest BCUT2D eigenvalue weighted by Crippen LogP contribution is 2.08. The number of H-pyrrole nitrogens is 1. The Morgan fingerprint density at radius 3 is 2.74 bits per heavy atom. The number of rotatable bonds is 5. The van der Waals surface area contributed by atoms with Gasteiger partial charge in [0.2, 0.25) is 5.91 Å². The molecule has 100 valence electrons. The molecule has 19 heavy (non-hydrogen) atoms. The number of carbonyl (C=O) groups is 1. The molecule has 5 heteroatoms. The first-order valence-electron chi connectivity index (χ1n) is 6.25. The second kappa shape index (κ2) is 6.04. The fraction of sp³-hybridized carbons (Fsp3) is 0.286. The van der Waals surface area contributed by atoms with Crippen molar-refractivity contribution in [3.05, 3.63) is 47.3 Å². The van der Waals surface area contributed by atoms with Crippen LogP contribution in [0, 0.1) is 6.92 Å². The van der Waals surface area contributed by atoms with Gasteiger partial charge in [0.25, 0.3) is 0 Å². The predicted octanol–water partition coefficient (Wildman–Crippen LogP) is 1.55. The molecule has 5 nitrogen and oxygen atoms in total. The molecule has 2 aromatic rings. The molecule has 0 unspecified atom stereocenters. The summed E-state index contributed by atoms with van der Waals surface area (Å²) in [6.45, 7) is 2.45. The summed E-state index contributed by atoms with van der Waals surface area (Å²) in [6, 6.07) is 7.59. The maximum Gasteiger partial charge on any atom is 0.220 e. The molecule has 0 spiro atoms. The van der Waals surface area contributed by atoms with Crippen LogP contribution in [0.15, 0.2) is 30.5 Å². The van der Waals surface area contributed by atoms with Crippen molar-refractivity contribution < 1.29 is 4.79 Å². The van der Waals surface area contributed by atoms with Crippen molar-refractivity contribution in [1.29, 1.82) is 0 Å². The smallest absolute Gasteiger partial charge is 0.220 e. The Bertz CT molecular complexity index is 545. The molecule has 0 saturated heterocycles. The zero-order valence-corrected chi connectivity index (χ0v) is 10.9. The van der Waals surface area contributed by atoms with Crippen LogP contribution >= 0.6 is 0 Å². The van der Waals surface area contributed by atoms with Gasteiger partial charge in [-0.3, -0.25) is 9.89 Å². The van der Waals surface area contributed by atoms with E-state index in [1.165, 1.54) is 0 Å². The first kappa shape index (κ1) is 13.1. The van der Waals surface area contributed by atoms with E-state index in [2.05, 4.69) is 15.5 Å². The number of nitrogens with two attached hydrogens (primary N) is 1. The van der Waals surface area contributed by atoms with Gasteiger partial charge in [0.05, 0.1) is 6.20 Å². The second-order valence-electron chi connectivity index (χ2n) is 4.54. The van der Waals surface area contributed by atoms with Crippen LogP contribution < -0.4 is 11.1 Å². The van der Waals surface area contributed by atoms with Crippen molar-refractivity contribution in [3.8, 4) is 0 Å². The molecule has 1 aromatic heterocycles.